The van der Waals surface area contributed by atoms with Crippen LogP contribution in [0.4, 0.5) is 0 Å². The third-order valence-electron chi connectivity index (χ3n) is 15.8. The monoisotopic (exact) mass is 1290 g/mol. The molecule has 508 valence electrons. The van der Waals surface area contributed by atoms with Gasteiger partial charge in [-0.25, -0.2) is 0 Å². The van der Waals surface area contributed by atoms with Crippen LogP contribution in [0.3, 0.4) is 0 Å². The fourth-order valence-corrected chi connectivity index (χ4v) is 10.4. The average Bonchev–Trinajstić information content (AvgIpc) is 4.03. The summed E-state index contributed by atoms with van der Waals surface area (Å²) in [7, 11) is 0. The van der Waals surface area contributed by atoms with E-state index in [4.69, 9.17) is 0 Å². The first kappa shape index (κ1) is 76.5. The zero-order valence-electron chi connectivity index (χ0n) is 52.4. The Morgan fingerprint density at radius 3 is 1.70 bits per heavy atom. The minimum absolute atomic E-state index is 0.130. The molecule has 0 bridgehead atoms. The minimum Gasteiger partial charge on any atom is -0.550 e. The Kier molecular flexibility index (Phi) is 31.4. The first-order valence-electron chi connectivity index (χ1n) is 30.6. The van der Waals surface area contributed by atoms with Gasteiger partial charge in [0.05, 0.1) is 19.1 Å². The van der Waals surface area contributed by atoms with E-state index >= 15 is 0 Å². The number of likely N-dealkylation sites (tertiary alicyclic amines) is 1. The van der Waals surface area contributed by atoms with Gasteiger partial charge in [0, 0.05) is 68.6 Å². The van der Waals surface area contributed by atoms with E-state index in [1.807, 2.05) is 21.3 Å². The number of hydrogen-bond donors (Lipinski definition) is 11. The van der Waals surface area contributed by atoms with E-state index in [0.717, 1.165) is 51.9 Å². The molecule has 3 aliphatic rings. The minimum atomic E-state index is -2.24. The molecule has 0 aliphatic carbocycles. The molecule has 0 aromatic rings. The van der Waals surface area contributed by atoms with E-state index in [9.17, 15) is 97.1 Å². The number of hydrogen-bond acceptors (Lipinski definition) is 20. The highest BCUT2D eigenvalue weighted by atomic mass is 16.4. The number of fused-ring (bicyclic) bond motifs is 1. The Morgan fingerprint density at radius 2 is 1.14 bits per heavy atom. The predicted molar refractivity (Wildman–Crippen MR) is 308 cm³/mol. The molecule has 3 saturated heterocycles. The molecular formula is C58H88N13O20-3. The maximum atomic E-state index is 14.2. The van der Waals surface area contributed by atoms with Crippen LogP contribution in [0.5, 0.6) is 0 Å². The zero-order chi connectivity index (χ0) is 68.4. The van der Waals surface area contributed by atoms with Crippen LogP contribution in [0, 0.1) is 17.8 Å². The summed E-state index contributed by atoms with van der Waals surface area (Å²) in [6, 6.07) is -15.5. The molecule has 3 rings (SSSR count). The van der Waals surface area contributed by atoms with Crippen LogP contribution in [0.15, 0.2) is 12.2 Å². The van der Waals surface area contributed by atoms with Crippen LogP contribution < -0.4 is 79.3 Å². The summed E-state index contributed by atoms with van der Waals surface area (Å²) < 4.78 is 0. The number of nitrogens with zero attached hydrogens (tertiary/aromatic N) is 2. The maximum Gasteiger partial charge on any atom is 0.249 e. The molecule has 3 heterocycles. The van der Waals surface area contributed by atoms with Crippen molar-refractivity contribution >= 4 is 94.8 Å². The summed E-state index contributed by atoms with van der Waals surface area (Å²) in [4.78, 5) is 210. The van der Waals surface area contributed by atoms with Crippen LogP contribution in [-0.2, 0) is 76.7 Å². The van der Waals surface area contributed by atoms with E-state index in [1.165, 1.54) is 22.8 Å². The number of amides is 12. The average molecular weight is 1290 g/mol. The molecule has 91 heavy (non-hydrogen) atoms. The van der Waals surface area contributed by atoms with E-state index in [2.05, 4.69) is 51.5 Å². The summed E-state index contributed by atoms with van der Waals surface area (Å²) >= 11 is 0. The van der Waals surface area contributed by atoms with Gasteiger partial charge in [0.2, 0.25) is 70.9 Å². The number of aliphatic carboxylic acids is 4. The van der Waals surface area contributed by atoms with Crippen LogP contribution in [-0.4, -0.2) is 197 Å². The Bertz CT molecular complexity index is 2710. The molecule has 0 aromatic heterocycles. The van der Waals surface area contributed by atoms with Crippen molar-refractivity contribution in [3.8, 4) is 0 Å². The number of carbonyl (C=O) groups is 16. The summed E-state index contributed by atoms with van der Waals surface area (Å²) in [5, 5.41) is 69.5. The number of carboxylic acids is 4. The Morgan fingerprint density at radius 1 is 0.593 bits per heavy atom. The second-order valence-electron chi connectivity index (χ2n) is 23.7. The van der Waals surface area contributed by atoms with E-state index in [0.29, 0.717) is 31.7 Å². The molecule has 0 saturated carbocycles. The summed E-state index contributed by atoms with van der Waals surface area (Å²) in [5.41, 5.74) is 3.81. The SMILES string of the molecule is CCC(C)CCCCC/C=C/CC(=O)NC(CC(=O)[O-])C(=O)NC(C(=O)NC(CC(=O)[O-])C(=O)NCC(=O)NC(CC(=O)[O-])C(=O)NCC(=O)NC(C(=O)NC(C(=O)N1CCCC1C(=O)NC(C)C1NC(=O)C2CCCCN2C1=O)C(C)C)C(C)[NH3+])C(C)C(=O)[O-]. The Hall–Kier alpha value is -8.78. The molecule has 13 unspecified atom stereocenters. The fraction of sp³-hybridized carbons (Fsp3) is 0.690. The van der Waals surface area contributed by atoms with Gasteiger partial charge in [-0.2, -0.15) is 0 Å². The molecule has 13 N–H and O–H groups in total. The largest absolute Gasteiger partial charge is 0.550 e. The molecule has 0 aromatic carbocycles. The summed E-state index contributed by atoms with van der Waals surface area (Å²) in [6.45, 7) is 9.79. The fourth-order valence-electron chi connectivity index (χ4n) is 10.4. The number of rotatable bonds is 38. The lowest BCUT2D eigenvalue weighted by Crippen LogP contribution is -2.72. The number of carboxylic acid groups (broad SMARTS) is 4. The third kappa shape index (κ3) is 24.8. The lowest BCUT2D eigenvalue weighted by Gasteiger charge is -2.43. The van der Waals surface area contributed by atoms with Gasteiger partial charge in [0.15, 0.2) is 6.04 Å². The molecule has 3 fully saturated rings. The number of quaternary nitrogens is 1. The highest BCUT2D eigenvalue weighted by molar-refractivity contribution is 6.01. The molecule has 33 heteroatoms. The Balaban J connectivity index is 1.61. The first-order valence-corrected chi connectivity index (χ1v) is 30.6. The van der Waals surface area contributed by atoms with Crippen LogP contribution in [0.1, 0.15) is 145 Å². The lowest BCUT2D eigenvalue weighted by atomic mass is 9.94. The number of piperidine rings is 1. The zero-order valence-corrected chi connectivity index (χ0v) is 52.4. The van der Waals surface area contributed by atoms with Gasteiger partial charge < -0.3 is 108 Å². The number of carbonyl (C=O) groups excluding carboxylic acids is 16. The van der Waals surface area contributed by atoms with E-state index < -0.39 is 194 Å². The quantitative estimate of drug-likeness (QED) is 0.0202. The molecule has 0 radical (unpaired) electrons. The number of allylic oxidation sites excluding steroid dienone is 1. The van der Waals surface area contributed by atoms with Crippen molar-refractivity contribution < 1.29 is 103 Å². The van der Waals surface area contributed by atoms with Gasteiger partial charge in [-0.3, -0.25) is 57.5 Å². The van der Waals surface area contributed by atoms with Gasteiger partial charge in [0.25, 0.3) is 0 Å². The molecule has 13 atom stereocenters. The van der Waals surface area contributed by atoms with Gasteiger partial charge >= 0.3 is 0 Å². The van der Waals surface area contributed by atoms with Crippen molar-refractivity contribution in [3.05, 3.63) is 12.2 Å². The van der Waals surface area contributed by atoms with Crippen molar-refractivity contribution in [2.24, 2.45) is 17.8 Å². The molecule has 12 amide bonds. The highest BCUT2D eigenvalue weighted by Crippen LogP contribution is 2.24. The summed E-state index contributed by atoms with van der Waals surface area (Å²) in [5.74, 6) is -21.4. The highest BCUT2D eigenvalue weighted by Gasteiger charge is 2.46. The van der Waals surface area contributed by atoms with Gasteiger partial charge in [0.1, 0.15) is 54.4 Å². The van der Waals surface area contributed by atoms with Gasteiger partial charge in [-0.1, -0.05) is 72.5 Å². The molecule has 3 aliphatic heterocycles. The van der Waals surface area contributed by atoms with Crippen molar-refractivity contribution in [1.82, 2.24) is 63.0 Å². The van der Waals surface area contributed by atoms with Crippen molar-refractivity contribution in [3.63, 3.8) is 0 Å². The van der Waals surface area contributed by atoms with Gasteiger partial charge in [-0.15, -0.1) is 0 Å². The second-order valence-corrected chi connectivity index (χ2v) is 23.7. The number of piperazine rings is 1. The van der Waals surface area contributed by atoms with Crippen LogP contribution in [0.2, 0.25) is 0 Å². The number of unbranched alkanes of at least 4 members (excludes halogenated alkanes) is 3. The first-order chi connectivity index (χ1) is 42.8. The third-order valence-corrected chi connectivity index (χ3v) is 15.8. The molecule has 0 spiro atoms. The normalized spacial score (nSPS) is 19.6. The lowest BCUT2D eigenvalue weighted by molar-refractivity contribution is -0.417. The van der Waals surface area contributed by atoms with Gasteiger partial charge in [-0.05, 0) is 70.6 Å². The Labute approximate surface area is 526 Å². The van der Waals surface area contributed by atoms with E-state index in [-0.39, 0.29) is 31.2 Å². The topological polar surface area (TPSA) is 520 Å². The second kappa shape index (κ2) is 37.4. The van der Waals surface area contributed by atoms with Crippen molar-refractivity contribution in [1.29, 1.82) is 0 Å². The standard InChI is InChI=1S/C58H91N13O20/c1-8-30(4)18-13-11-9-10-12-14-21-39(72)63-36(26-44(79)80)51(83)68-46(31(5)58(90)91)54(86)65-35(25-43(77)78)50(82)60-27-40(73)64-34(24-42(75)76)49(81)61-28-41(74)66-47(32(6)59)55(87)67-45(29(2)3)56(88)71-23-17-20-38(71)52(84)62-33(7)48-57(89)70-22-16-15-19-37(70)53(85)69-48/h12,14,29-38,45-48H,8-11,13,15-28,59H2,1-7H3,(H,60,82)(H,61,81)(H,62,84)(H,63,72)(H,64,73)(H,65,86)(H,66,74)(H,67,87)(H,68,83)(H,69,85)(H,75,76)(H,77,78)(H,79,80)(H,90,91)/p-3/b14-12+. The maximum absolute atomic E-state index is 14.2. The summed E-state index contributed by atoms with van der Waals surface area (Å²) in [6.07, 6.45) is 7.52. The van der Waals surface area contributed by atoms with Crippen molar-refractivity contribution in [2.45, 2.75) is 211 Å². The van der Waals surface area contributed by atoms with E-state index in [1.54, 1.807) is 26.8 Å². The smallest absolute Gasteiger partial charge is 0.249 e. The van der Waals surface area contributed by atoms with Crippen molar-refractivity contribution in [2.75, 3.05) is 26.2 Å². The molecular weight excluding hydrogens is 1200 g/mol. The molecule has 33 nitrogen and oxygen atoms in total. The predicted octanol–water partition coefficient (Wildman–Crippen LogP) is -9.46. The van der Waals surface area contributed by atoms with Crippen LogP contribution >= 0.6 is 0 Å². The number of nitrogens with one attached hydrogen (secondary N) is 10. The van der Waals surface area contributed by atoms with Crippen LogP contribution in [0.25, 0.3) is 0 Å².